The van der Waals surface area contributed by atoms with E-state index < -0.39 is 5.91 Å². The number of hydrogen-bond donors (Lipinski definition) is 1. The molecule has 102 valence electrons. The highest BCUT2D eigenvalue weighted by Crippen LogP contribution is 2.24. The lowest BCUT2D eigenvalue weighted by molar-refractivity contribution is 0.0997. The number of rotatable bonds is 2. The highest BCUT2D eigenvalue weighted by atomic mass is 16.1. The lowest BCUT2D eigenvalue weighted by atomic mass is 10.1. The highest BCUT2D eigenvalue weighted by molar-refractivity contribution is 5.98. The predicted octanol–water partition coefficient (Wildman–Crippen LogP) is 1.45. The maximum absolute atomic E-state index is 11.4. The number of aromatic nitrogens is 4. The third kappa shape index (κ3) is 1.77. The molecule has 2 N–H and O–H groups in total. The van der Waals surface area contributed by atoms with Crippen molar-refractivity contribution in [3.63, 3.8) is 0 Å². The molecule has 0 aliphatic carbocycles. The normalized spacial score (nSPS) is 11.2. The number of amides is 1. The molecule has 0 spiro atoms. The fourth-order valence-electron chi connectivity index (χ4n) is 2.46. The first kappa shape index (κ1) is 12.4. The summed E-state index contributed by atoms with van der Waals surface area (Å²) in [6, 6.07) is 3.81. The fourth-order valence-corrected chi connectivity index (χ4v) is 2.46. The Kier molecular flexibility index (Phi) is 2.60. The summed E-state index contributed by atoms with van der Waals surface area (Å²) in [6.07, 6.45) is 3.92. The summed E-state index contributed by atoms with van der Waals surface area (Å²) in [7, 11) is 1.89. The lowest BCUT2D eigenvalue weighted by Crippen LogP contribution is -2.11. The summed E-state index contributed by atoms with van der Waals surface area (Å²) in [5.41, 5.74) is 9.41. The van der Waals surface area contributed by atoms with Crippen LogP contribution in [0.2, 0.25) is 0 Å². The smallest absolute Gasteiger partial charge is 0.269 e. The fraction of sp³-hybridized carbons (Fsp3) is 0.214. The van der Waals surface area contributed by atoms with Gasteiger partial charge in [-0.1, -0.05) is 6.07 Å². The largest absolute Gasteiger partial charge is 0.364 e. The monoisotopic (exact) mass is 269 g/mol. The van der Waals surface area contributed by atoms with Gasteiger partial charge in [0.2, 0.25) is 0 Å². The Morgan fingerprint density at radius 2 is 2.00 bits per heavy atom. The summed E-state index contributed by atoms with van der Waals surface area (Å²) in [5.74, 6) is 0.220. The number of fused-ring (bicyclic) bond motifs is 1. The number of primary amides is 1. The molecule has 0 fully saturated rings. The van der Waals surface area contributed by atoms with Gasteiger partial charge in [-0.2, -0.15) is 5.10 Å². The zero-order chi connectivity index (χ0) is 14.4. The van der Waals surface area contributed by atoms with E-state index in [0.29, 0.717) is 5.69 Å². The molecule has 0 aliphatic heterocycles. The van der Waals surface area contributed by atoms with Crippen LogP contribution in [0.5, 0.6) is 0 Å². The van der Waals surface area contributed by atoms with Crippen molar-refractivity contribution in [2.75, 3.05) is 0 Å². The topological polar surface area (TPSA) is 78.2 Å². The second-order valence-electron chi connectivity index (χ2n) is 4.85. The summed E-state index contributed by atoms with van der Waals surface area (Å²) in [6.45, 7) is 3.81. The van der Waals surface area contributed by atoms with Gasteiger partial charge < -0.3 is 10.1 Å². The SMILES string of the molecule is Cc1nn(C)cc1-c1ccc2c(C(N)=O)nc(C)n2c1. The average molecular weight is 269 g/mol. The first-order valence-electron chi connectivity index (χ1n) is 6.26. The van der Waals surface area contributed by atoms with Crippen LogP contribution in [0.1, 0.15) is 22.0 Å². The Balaban J connectivity index is 2.24. The highest BCUT2D eigenvalue weighted by Gasteiger charge is 2.14. The van der Waals surface area contributed by atoms with Crippen LogP contribution < -0.4 is 5.73 Å². The van der Waals surface area contributed by atoms with Crippen molar-refractivity contribution in [2.45, 2.75) is 13.8 Å². The Morgan fingerprint density at radius 1 is 1.25 bits per heavy atom. The van der Waals surface area contributed by atoms with E-state index in [2.05, 4.69) is 10.1 Å². The van der Waals surface area contributed by atoms with Gasteiger partial charge in [0.05, 0.1) is 11.2 Å². The standard InChI is InChI=1S/C14H15N5O/c1-8-11(7-18(3)17-8)10-4-5-12-13(14(15)20)16-9(2)19(12)6-10/h4-7H,1-3H3,(H2,15,20). The molecule has 0 bridgehead atoms. The molecule has 0 aliphatic rings. The first-order valence-corrected chi connectivity index (χ1v) is 6.26. The summed E-state index contributed by atoms with van der Waals surface area (Å²) in [5, 5.41) is 4.34. The molecule has 0 radical (unpaired) electrons. The van der Waals surface area contributed by atoms with E-state index in [1.54, 1.807) is 4.68 Å². The van der Waals surface area contributed by atoms with Crippen molar-refractivity contribution >= 4 is 11.4 Å². The molecule has 3 rings (SSSR count). The quantitative estimate of drug-likeness (QED) is 0.764. The third-order valence-electron chi connectivity index (χ3n) is 3.37. The van der Waals surface area contributed by atoms with E-state index >= 15 is 0 Å². The van der Waals surface area contributed by atoms with Crippen LogP contribution in [0, 0.1) is 13.8 Å². The molecule has 0 aromatic carbocycles. The van der Waals surface area contributed by atoms with Gasteiger partial charge in [-0.25, -0.2) is 4.98 Å². The number of imidazole rings is 1. The van der Waals surface area contributed by atoms with Crippen molar-refractivity contribution in [2.24, 2.45) is 12.8 Å². The van der Waals surface area contributed by atoms with Gasteiger partial charge in [0.15, 0.2) is 5.69 Å². The zero-order valence-electron chi connectivity index (χ0n) is 11.6. The molecule has 3 aromatic rings. The van der Waals surface area contributed by atoms with Crippen molar-refractivity contribution in [1.82, 2.24) is 19.2 Å². The van der Waals surface area contributed by atoms with Crippen LogP contribution in [0.4, 0.5) is 0 Å². The van der Waals surface area contributed by atoms with Gasteiger partial charge in [0.25, 0.3) is 5.91 Å². The maximum atomic E-state index is 11.4. The Morgan fingerprint density at radius 3 is 2.60 bits per heavy atom. The number of carbonyl (C=O) groups excluding carboxylic acids is 1. The maximum Gasteiger partial charge on any atom is 0.269 e. The van der Waals surface area contributed by atoms with Crippen LogP contribution in [0.3, 0.4) is 0 Å². The van der Waals surface area contributed by atoms with Crippen molar-refractivity contribution in [3.8, 4) is 11.1 Å². The van der Waals surface area contributed by atoms with Crippen LogP contribution in [-0.2, 0) is 7.05 Å². The molecular formula is C14H15N5O. The van der Waals surface area contributed by atoms with E-state index in [1.165, 1.54) is 0 Å². The van der Waals surface area contributed by atoms with Gasteiger partial charge >= 0.3 is 0 Å². The summed E-state index contributed by atoms with van der Waals surface area (Å²) in [4.78, 5) is 15.6. The van der Waals surface area contributed by atoms with Crippen molar-refractivity contribution < 1.29 is 4.79 Å². The minimum Gasteiger partial charge on any atom is -0.364 e. The van der Waals surface area contributed by atoms with E-state index in [4.69, 9.17) is 5.73 Å². The molecule has 6 nitrogen and oxygen atoms in total. The predicted molar refractivity (Wildman–Crippen MR) is 75.4 cm³/mol. The Bertz CT molecular complexity index is 828. The van der Waals surface area contributed by atoms with Crippen LogP contribution in [-0.4, -0.2) is 25.1 Å². The second kappa shape index (κ2) is 4.19. The van der Waals surface area contributed by atoms with E-state index in [0.717, 1.165) is 28.2 Å². The molecule has 6 heteroatoms. The van der Waals surface area contributed by atoms with E-state index in [-0.39, 0.29) is 0 Å². The number of nitrogens with zero attached hydrogens (tertiary/aromatic N) is 4. The van der Waals surface area contributed by atoms with Gasteiger partial charge in [-0.05, 0) is 19.9 Å². The van der Waals surface area contributed by atoms with Crippen molar-refractivity contribution in [3.05, 3.63) is 41.7 Å². The zero-order valence-corrected chi connectivity index (χ0v) is 11.6. The van der Waals surface area contributed by atoms with E-state index in [9.17, 15) is 4.79 Å². The minimum atomic E-state index is -0.513. The van der Waals surface area contributed by atoms with Crippen molar-refractivity contribution in [1.29, 1.82) is 0 Å². The van der Waals surface area contributed by atoms with Gasteiger partial charge in [0, 0.05) is 30.6 Å². The van der Waals surface area contributed by atoms with Gasteiger partial charge in [-0.15, -0.1) is 0 Å². The Labute approximate surface area is 115 Å². The minimum absolute atomic E-state index is 0.303. The average Bonchev–Trinajstić information content (AvgIpc) is 2.90. The van der Waals surface area contributed by atoms with Crippen LogP contribution >= 0.6 is 0 Å². The molecule has 0 saturated carbocycles. The third-order valence-corrected chi connectivity index (χ3v) is 3.37. The van der Waals surface area contributed by atoms with Crippen LogP contribution in [0.25, 0.3) is 16.6 Å². The number of pyridine rings is 1. The van der Waals surface area contributed by atoms with Gasteiger partial charge in [-0.3, -0.25) is 9.48 Å². The number of carbonyl (C=O) groups is 1. The van der Waals surface area contributed by atoms with Gasteiger partial charge in [0.1, 0.15) is 5.82 Å². The summed E-state index contributed by atoms with van der Waals surface area (Å²) < 4.78 is 3.66. The molecule has 1 amide bonds. The number of nitrogens with two attached hydrogens (primary N) is 1. The molecule has 0 saturated heterocycles. The summed E-state index contributed by atoms with van der Waals surface area (Å²) >= 11 is 0. The molecule has 0 atom stereocenters. The molecular weight excluding hydrogens is 254 g/mol. The number of aryl methyl sites for hydroxylation is 3. The lowest BCUT2D eigenvalue weighted by Gasteiger charge is -2.02. The first-order chi connectivity index (χ1) is 9.47. The number of hydrogen-bond acceptors (Lipinski definition) is 3. The molecule has 0 unspecified atom stereocenters. The second-order valence-corrected chi connectivity index (χ2v) is 4.85. The van der Waals surface area contributed by atoms with Crippen LogP contribution in [0.15, 0.2) is 24.5 Å². The molecule has 20 heavy (non-hydrogen) atoms. The Hall–Kier alpha value is -2.63. The molecule has 3 aromatic heterocycles. The molecule has 3 heterocycles. The van der Waals surface area contributed by atoms with E-state index in [1.807, 2.05) is 49.8 Å².